The summed E-state index contributed by atoms with van der Waals surface area (Å²) < 4.78 is 38.9. The van der Waals surface area contributed by atoms with Gasteiger partial charge in [-0.2, -0.15) is 0 Å². The Morgan fingerprint density at radius 2 is 1.84 bits per heavy atom. The number of ether oxygens (including phenoxy) is 1. The van der Waals surface area contributed by atoms with Crippen molar-refractivity contribution in [3.8, 4) is 11.3 Å². The minimum absolute atomic E-state index is 0.122. The van der Waals surface area contributed by atoms with Gasteiger partial charge in [0.2, 0.25) is 5.91 Å². The molecule has 2 heterocycles. The number of carbonyl (C=O) groups excluding carboxylic acids is 1. The molecule has 1 aromatic heterocycles. The minimum Gasteiger partial charge on any atom is -0.461 e. The van der Waals surface area contributed by atoms with Crippen LogP contribution in [0.4, 0.5) is 8.78 Å². The Morgan fingerprint density at radius 1 is 1.03 bits per heavy atom. The van der Waals surface area contributed by atoms with Crippen LogP contribution in [0.2, 0.25) is 0 Å². The Morgan fingerprint density at radius 3 is 2.62 bits per heavy atom. The lowest BCUT2D eigenvalue weighted by Gasteiger charge is -2.35. The largest absolute Gasteiger partial charge is 0.461 e. The van der Waals surface area contributed by atoms with Crippen LogP contribution in [0.15, 0.2) is 65.1 Å². The molecule has 1 saturated heterocycles. The summed E-state index contributed by atoms with van der Waals surface area (Å²) in [5.74, 6) is 0.293. The molecule has 7 heteroatoms. The average Bonchev–Trinajstić information content (AvgIpc) is 3.28. The van der Waals surface area contributed by atoms with Gasteiger partial charge in [-0.1, -0.05) is 24.3 Å². The first-order valence-corrected chi connectivity index (χ1v) is 10.8. The molecular weight excluding hydrogens is 414 g/mol. The summed E-state index contributed by atoms with van der Waals surface area (Å²) in [4.78, 5) is 14.7. The number of hydrogen-bond acceptors (Lipinski definition) is 4. The second-order valence-corrected chi connectivity index (χ2v) is 7.77. The number of amides is 1. The third kappa shape index (κ3) is 5.60. The van der Waals surface area contributed by atoms with E-state index in [0.29, 0.717) is 43.3 Å². The fourth-order valence-electron chi connectivity index (χ4n) is 3.91. The number of hydrogen-bond donors (Lipinski definition) is 1. The molecule has 4 rings (SSSR count). The lowest BCUT2D eigenvalue weighted by molar-refractivity contribution is -0.121. The molecule has 0 bridgehead atoms. The molecule has 32 heavy (non-hydrogen) atoms. The highest BCUT2D eigenvalue weighted by Gasteiger charge is 2.23. The number of rotatable bonds is 8. The Bertz CT molecular complexity index is 1050. The highest BCUT2D eigenvalue weighted by molar-refractivity contribution is 5.76. The van der Waals surface area contributed by atoms with E-state index in [4.69, 9.17) is 9.15 Å². The molecule has 2 aromatic carbocycles. The van der Waals surface area contributed by atoms with Crippen LogP contribution in [0.5, 0.6) is 0 Å². The molecule has 1 N–H and O–H groups in total. The predicted molar refractivity (Wildman–Crippen MR) is 117 cm³/mol. The number of aryl methyl sites for hydroxylation is 1. The first-order valence-electron chi connectivity index (χ1n) is 10.8. The van der Waals surface area contributed by atoms with Crippen LogP contribution < -0.4 is 5.32 Å². The molecule has 1 aliphatic heterocycles. The second-order valence-electron chi connectivity index (χ2n) is 7.77. The van der Waals surface area contributed by atoms with Crippen molar-refractivity contribution in [2.75, 3.05) is 32.8 Å². The van der Waals surface area contributed by atoms with Gasteiger partial charge < -0.3 is 14.5 Å². The quantitative estimate of drug-likeness (QED) is 0.566. The van der Waals surface area contributed by atoms with Crippen LogP contribution in [0.1, 0.15) is 23.8 Å². The molecule has 1 atom stereocenters. The number of morpholine rings is 1. The zero-order chi connectivity index (χ0) is 22.3. The number of benzene rings is 2. The summed E-state index contributed by atoms with van der Waals surface area (Å²) in [6.45, 7) is 3.05. The molecule has 1 amide bonds. The van der Waals surface area contributed by atoms with Crippen molar-refractivity contribution in [2.24, 2.45) is 0 Å². The third-order valence-corrected chi connectivity index (χ3v) is 5.61. The lowest BCUT2D eigenvalue weighted by Crippen LogP contribution is -2.43. The molecule has 1 fully saturated rings. The van der Waals surface area contributed by atoms with E-state index in [2.05, 4.69) is 10.2 Å². The highest BCUT2D eigenvalue weighted by atomic mass is 19.1. The maximum absolute atomic E-state index is 13.9. The van der Waals surface area contributed by atoms with Crippen molar-refractivity contribution < 1.29 is 22.7 Å². The van der Waals surface area contributed by atoms with Gasteiger partial charge in [-0.3, -0.25) is 9.69 Å². The summed E-state index contributed by atoms with van der Waals surface area (Å²) in [6, 6.07) is 16.2. The SMILES string of the molecule is O=C(CCc1ccc(-c2ccccc2F)o1)NCC(c1cccc(F)c1)N1CCOCC1. The normalized spacial score (nSPS) is 15.4. The van der Waals surface area contributed by atoms with Gasteiger partial charge in [0.25, 0.3) is 0 Å². The molecule has 0 aliphatic carbocycles. The van der Waals surface area contributed by atoms with Gasteiger partial charge >= 0.3 is 0 Å². The monoisotopic (exact) mass is 440 g/mol. The lowest BCUT2D eigenvalue weighted by atomic mass is 10.0. The van der Waals surface area contributed by atoms with E-state index in [1.165, 1.54) is 18.2 Å². The molecular formula is C25H26F2N2O3. The van der Waals surface area contributed by atoms with Crippen molar-refractivity contribution >= 4 is 5.91 Å². The van der Waals surface area contributed by atoms with Crippen LogP contribution in [0, 0.1) is 11.6 Å². The van der Waals surface area contributed by atoms with Gasteiger partial charge in [0.05, 0.1) is 24.8 Å². The summed E-state index contributed by atoms with van der Waals surface area (Å²) in [5, 5.41) is 2.97. The predicted octanol–water partition coefficient (Wildman–Crippen LogP) is 4.35. The fraction of sp³-hybridized carbons (Fsp3) is 0.320. The summed E-state index contributed by atoms with van der Waals surface area (Å²) in [5.41, 5.74) is 1.22. The van der Waals surface area contributed by atoms with Gasteiger partial charge in [0.1, 0.15) is 23.2 Å². The number of furan rings is 1. The van der Waals surface area contributed by atoms with E-state index in [0.717, 1.165) is 18.7 Å². The van der Waals surface area contributed by atoms with Crippen molar-refractivity contribution in [1.82, 2.24) is 10.2 Å². The Labute approximate surface area is 186 Å². The first-order chi connectivity index (χ1) is 15.6. The van der Waals surface area contributed by atoms with Crippen LogP contribution in [0.3, 0.4) is 0 Å². The molecule has 0 spiro atoms. The van der Waals surface area contributed by atoms with E-state index in [1.54, 1.807) is 36.4 Å². The van der Waals surface area contributed by atoms with Gasteiger partial charge in [-0.25, -0.2) is 8.78 Å². The van der Waals surface area contributed by atoms with Crippen LogP contribution in [0.25, 0.3) is 11.3 Å². The van der Waals surface area contributed by atoms with Crippen LogP contribution >= 0.6 is 0 Å². The summed E-state index contributed by atoms with van der Waals surface area (Å²) in [7, 11) is 0. The van der Waals surface area contributed by atoms with Gasteiger partial charge in [-0.05, 0) is 42.0 Å². The molecule has 168 valence electrons. The highest BCUT2D eigenvalue weighted by Crippen LogP contribution is 2.25. The van der Waals surface area contributed by atoms with Crippen molar-refractivity contribution in [2.45, 2.75) is 18.9 Å². The van der Waals surface area contributed by atoms with Crippen LogP contribution in [-0.2, 0) is 16.0 Å². The van der Waals surface area contributed by atoms with Crippen molar-refractivity contribution in [3.05, 3.63) is 83.6 Å². The number of halogens is 2. The first kappa shape index (κ1) is 22.2. The van der Waals surface area contributed by atoms with Crippen LogP contribution in [-0.4, -0.2) is 43.7 Å². The van der Waals surface area contributed by atoms with E-state index >= 15 is 0 Å². The summed E-state index contributed by atoms with van der Waals surface area (Å²) in [6.07, 6.45) is 0.645. The second kappa shape index (κ2) is 10.5. The number of carbonyl (C=O) groups is 1. The van der Waals surface area contributed by atoms with E-state index in [-0.39, 0.29) is 30.0 Å². The molecule has 1 aliphatic rings. The zero-order valence-corrected chi connectivity index (χ0v) is 17.7. The molecule has 0 saturated carbocycles. The summed E-state index contributed by atoms with van der Waals surface area (Å²) >= 11 is 0. The maximum Gasteiger partial charge on any atom is 0.220 e. The Kier molecular flexibility index (Phi) is 7.29. The van der Waals surface area contributed by atoms with Gasteiger partial charge in [-0.15, -0.1) is 0 Å². The topological polar surface area (TPSA) is 54.7 Å². The van der Waals surface area contributed by atoms with E-state index < -0.39 is 0 Å². The molecule has 0 radical (unpaired) electrons. The smallest absolute Gasteiger partial charge is 0.220 e. The van der Waals surface area contributed by atoms with E-state index in [9.17, 15) is 13.6 Å². The fourth-order valence-corrected chi connectivity index (χ4v) is 3.91. The average molecular weight is 440 g/mol. The van der Waals surface area contributed by atoms with Gasteiger partial charge in [0, 0.05) is 32.5 Å². The molecule has 1 unspecified atom stereocenters. The maximum atomic E-state index is 13.9. The standard InChI is InChI=1S/C25H26F2N2O3/c26-19-5-3-4-18(16-19)23(29-12-14-31-15-13-29)17-28-25(30)11-9-20-8-10-24(32-20)21-6-1-2-7-22(21)27/h1-8,10,16,23H,9,11-15,17H2,(H,28,30). The number of nitrogens with zero attached hydrogens (tertiary/aromatic N) is 1. The third-order valence-electron chi connectivity index (χ3n) is 5.61. The van der Waals surface area contributed by atoms with Gasteiger partial charge in [0.15, 0.2) is 0 Å². The Hall–Kier alpha value is -3.03. The van der Waals surface area contributed by atoms with E-state index in [1.807, 2.05) is 6.07 Å². The molecule has 3 aromatic rings. The van der Waals surface area contributed by atoms with Crippen molar-refractivity contribution in [3.63, 3.8) is 0 Å². The molecule has 5 nitrogen and oxygen atoms in total. The Balaban J connectivity index is 1.34. The van der Waals surface area contributed by atoms with Crippen molar-refractivity contribution in [1.29, 1.82) is 0 Å². The zero-order valence-electron chi connectivity index (χ0n) is 17.7. The number of nitrogens with one attached hydrogen (secondary N) is 1. The minimum atomic E-state index is -0.349.